The third kappa shape index (κ3) is 4.05. The molecule has 2 rings (SSSR count). The van der Waals surface area contributed by atoms with Gasteiger partial charge in [-0.3, -0.25) is 4.79 Å². The molecule has 2 N–H and O–H groups in total. The van der Waals surface area contributed by atoms with Crippen LogP contribution in [0.15, 0.2) is 12.5 Å². The number of hydrogen-bond donors (Lipinski definition) is 2. The highest BCUT2D eigenvalue weighted by Gasteiger charge is 2.19. The molecule has 1 aromatic rings. The Morgan fingerprint density at radius 1 is 1.70 bits per heavy atom. The minimum Gasteiger partial charge on any atom is -0.369 e. The molecule has 0 aliphatic carbocycles. The van der Waals surface area contributed by atoms with Gasteiger partial charge in [-0.2, -0.15) is 0 Å². The predicted octanol–water partition coefficient (Wildman–Crippen LogP) is 0.849. The number of rotatable bonds is 6. The number of morpholine rings is 1. The first-order valence-electron chi connectivity index (χ1n) is 7.32. The van der Waals surface area contributed by atoms with Gasteiger partial charge < -0.3 is 19.9 Å². The fourth-order valence-corrected chi connectivity index (χ4v) is 2.21. The van der Waals surface area contributed by atoms with Gasteiger partial charge in [0, 0.05) is 32.1 Å². The minimum absolute atomic E-state index is 0.0314. The van der Waals surface area contributed by atoms with Crippen molar-refractivity contribution in [1.29, 1.82) is 0 Å². The molecular weight excluding hydrogens is 256 g/mol. The fraction of sp³-hybridized carbons (Fsp3) is 0.714. The smallest absolute Gasteiger partial charge is 0.221 e. The van der Waals surface area contributed by atoms with Gasteiger partial charge in [0.25, 0.3) is 0 Å². The van der Waals surface area contributed by atoms with E-state index < -0.39 is 0 Å². The fourth-order valence-electron chi connectivity index (χ4n) is 2.21. The molecule has 6 nitrogen and oxygen atoms in total. The molecular formula is C14H24N4O2. The molecule has 0 saturated carbocycles. The lowest BCUT2D eigenvalue weighted by atomic mass is 10.2. The van der Waals surface area contributed by atoms with Gasteiger partial charge in [0.1, 0.15) is 6.10 Å². The maximum Gasteiger partial charge on any atom is 0.221 e. The van der Waals surface area contributed by atoms with E-state index in [0.29, 0.717) is 19.6 Å². The van der Waals surface area contributed by atoms with Crippen molar-refractivity contribution < 1.29 is 9.53 Å². The van der Waals surface area contributed by atoms with Crippen LogP contribution in [0.4, 0.5) is 0 Å². The van der Waals surface area contributed by atoms with E-state index in [0.717, 1.165) is 25.2 Å². The third-order valence-corrected chi connectivity index (χ3v) is 3.60. The van der Waals surface area contributed by atoms with Crippen LogP contribution in [0.3, 0.4) is 0 Å². The van der Waals surface area contributed by atoms with Crippen LogP contribution >= 0.6 is 0 Å². The SMILES string of the molecule is CCC(C)NC(=O)CCn1cncc1C1CNCCO1. The molecule has 1 aliphatic heterocycles. The maximum absolute atomic E-state index is 11.8. The standard InChI is InChI=1S/C14H24N4O2/c1-3-11(2)17-14(19)4-6-18-10-16-8-12(18)13-9-15-5-7-20-13/h8,10-11,13,15H,3-7,9H2,1-2H3,(H,17,19). The summed E-state index contributed by atoms with van der Waals surface area (Å²) in [6.45, 7) is 7.11. The first kappa shape index (κ1) is 15.0. The van der Waals surface area contributed by atoms with Crippen LogP contribution in [0, 0.1) is 0 Å². The second-order valence-corrected chi connectivity index (χ2v) is 5.20. The van der Waals surface area contributed by atoms with Gasteiger partial charge >= 0.3 is 0 Å². The second kappa shape index (κ2) is 7.40. The highest BCUT2D eigenvalue weighted by molar-refractivity contribution is 5.76. The van der Waals surface area contributed by atoms with Crippen LogP contribution in [-0.2, 0) is 16.1 Å². The molecule has 2 atom stereocenters. The van der Waals surface area contributed by atoms with Crippen molar-refractivity contribution >= 4 is 5.91 Å². The van der Waals surface area contributed by atoms with E-state index in [1.807, 2.05) is 17.7 Å². The van der Waals surface area contributed by atoms with Gasteiger partial charge in [0.05, 0.1) is 24.8 Å². The Morgan fingerprint density at radius 3 is 3.25 bits per heavy atom. The lowest BCUT2D eigenvalue weighted by Crippen LogP contribution is -2.35. The summed E-state index contributed by atoms with van der Waals surface area (Å²) in [5.41, 5.74) is 1.04. The van der Waals surface area contributed by atoms with Gasteiger partial charge in [-0.05, 0) is 13.3 Å². The van der Waals surface area contributed by atoms with E-state index >= 15 is 0 Å². The minimum atomic E-state index is 0.0314. The Labute approximate surface area is 119 Å². The molecule has 0 spiro atoms. The van der Waals surface area contributed by atoms with Gasteiger partial charge in [0.15, 0.2) is 0 Å². The number of hydrogen-bond acceptors (Lipinski definition) is 4. The first-order valence-corrected chi connectivity index (χ1v) is 7.32. The summed E-state index contributed by atoms with van der Waals surface area (Å²) >= 11 is 0. The molecule has 2 heterocycles. The third-order valence-electron chi connectivity index (χ3n) is 3.60. The van der Waals surface area contributed by atoms with Crippen molar-refractivity contribution in [3.63, 3.8) is 0 Å². The van der Waals surface area contributed by atoms with Gasteiger partial charge in [-0.1, -0.05) is 6.92 Å². The second-order valence-electron chi connectivity index (χ2n) is 5.20. The zero-order valence-corrected chi connectivity index (χ0v) is 12.3. The average Bonchev–Trinajstić information content (AvgIpc) is 2.94. The predicted molar refractivity (Wildman–Crippen MR) is 76.3 cm³/mol. The number of carbonyl (C=O) groups is 1. The van der Waals surface area contributed by atoms with Gasteiger partial charge in [0.2, 0.25) is 5.91 Å². The first-order chi connectivity index (χ1) is 9.70. The molecule has 112 valence electrons. The summed E-state index contributed by atoms with van der Waals surface area (Å²) < 4.78 is 7.74. The lowest BCUT2D eigenvalue weighted by molar-refractivity contribution is -0.121. The van der Waals surface area contributed by atoms with E-state index in [-0.39, 0.29) is 18.1 Å². The summed E-state index contributed by atoms with van der Waals surface area (Å²) in [5.74, 6) is 0.0849. The molecule has 2 unspecified atom stereocenters. The Balaban J connectivity index is 1.87. The van der Waals surface area contributed by atoms with Crippen molar-refractivity contribution in [1.82, 2.24) is 20.2 Å². The summed E-state index contributed by atoms with van der Waals surface area (Å²) in [7, 11) is 0. The van der Waals surface area contributed by atoms with Crippen molar-refractivity contribution in [3.05, 3.63) is 18.2 Å². The highest BCUT2D eigenvalue weighted by Crippen LogP contribution is 2.18. The summed E-state index contributed by atoms with van der Waals surface area (Å²) in [6.07, 6.45) is 5.04. The van der Waals surface area contributed by atoms with Crippen LogP contribution in [0.1, 0.15) is 38.5 Å². The number of ether oxygens (including phenoxy) is 1. The highest BCUT2D eigenvalue weighted by atomic mass is 16.5. The van der Waals surface area contributed by atoms with E-state index in [4.69, 9.17) is 4.74 Å². The Bertz CT molecular complexity index is 427. The maximum atomic E-state index is 11.8. The van der Waals surface area contributed by atoms with Crippen molar-refractivity contribution in [2.75, 3.05) is 19.7 Å². The monoisotopic (exact) mass is 280 g/mol. The molecule has 20 heavy (non-hydrogen) atoms. The number of carbonyl (C=O) groups excluding carboxylic acids is 1. The van der Waals surface area contributed by atoms with Crippen LogP contribution in [0.5, 0.6) is 0 Å². The molecule has 0 radical (unpaired) electrons. The Hall–Kier alpha value is -1.40. The Kier molecular flexibility index (Phi) is 5.55. The number of nitrogens with one attached hydrogen (secondary N) is 2. The summed E-state index contributed by atoms with van der Waals surface area (Å²) in [5, 5.41) is 6.28. The number of amides is 1. The van der Waals surface area contributed by atoms with E-state index in [2.05, 4.69) is 22.5 Å². The molecule has 1 amide bonds. The molecule has 1 aromatic heterocycles. The largest absolute Gasteiger partial charge is 0.369 e. The van der Waals surface area contributed by atoms with E-state index in [1.165, 1.54) is 0 Å². The zero-order chi connectivity index (χ0) is 14.4. The van der Waals surface area contributed by atoms with Gasteiger partial charge in [-0.25, -0.2) is 4.98 Å². The molecule has 0 bridgehead atoms. The van der Waals surface area contributed by atoms with E-state index in [1.54, 1.807) is 6.33 Å². The quantitative estimate of drug-likeness (QED) is 0.810. The van der Waals surface area contributed by atoms with Crippen LogP contribution in [0.2, 0.25) is 0 Å². The van der Waals surface area contributed by atoms with Crippen molar-refractivity contribution in [2.24, 2.45) is 0 Å². The van der Waals surface area contributed by atoms with Crippen LogP contribution < -0.4 is 10.6 Å². The Morgan fingerprint density at radius 2 is 2.55 bits per heavy atom. The van der Waals surface area contributed by atoms with Gasteiger partial charge in [-0.15, -0.1) is 0 Å². The molecule has 0 aromatic carbocycles. The lowest BCUT2D eigenvalue weighted by Gasteiger charge is -2.24. The molecule has 1 aliphatic rings. The molecule has 1 saturated heterocycles. The van der Waals surface area contributed by atoms with Crippen LogP contribution in [-0.4, -0.2) is 41.2 Å². The van der Waals surface area contributed by atoms with Crippen molar-refractivity contribution in [3.8, 4) is 0 Å². The number of aryl methyl sites for hydroxylation is 1. The topological polar surface area (TPSA) is 68.2 Å². The van der Waals surface area contributed by atoms with Crippen molar-refractivity contribution in [2.45, 2.75) is 45.4 Å². The average molecular weight is 280 g/mol. The normalized spacial score (nSPS) is 20.6. The summed E-state index contributed by atoms with van der Waals surface area (Å²) in [6, 6.07) is 0.232. The van der Waals surface area contributed by atoms with E-state index in [9.17, 15) is 4.79 Å². The molecule has 6 heteroatoms. The zero-order valence-electron chi connectivity index (χ0n) is 12.3. The number of imidazole rings is 1. The number of nitrogens with zero attached hydrogens (tertiary/aromatic N) is 2. The van der Waals surface area contributed by atoms with Crippen LogP contribution in [0.25, 0.3) is 0 Å². The number of aromatic nitrogens is 2. The molecule has 1 fully saturated rings. The summed E-state index contributed by atoms with van der Waals surface area (Å²) in [4.78, 5) is 16.0.